The standard InChI is InChI=1S/C20H19F2N5O2/c1-13(18-6-2-14(9-25-18)3-7-19(23)28)20(29,10-27-12-24-11-26-27)16-5-4-15(21)8-17(16)22/h2-9,11-13,29H,10H2,1H3,(H2,23,28)/b7-3+/t13-,20+/m1/s1. The summed E-state index contributed by atoms with van der Waals surface area (Å²) in [6.07, 6.45) is 6.90. The van der Waals surface area contributed by atoms with E-state index < -0.39 is 29.1 Å². The third-order valence-electron chi connectivity index (χ3n) is 4.68. The third kappa shape index (κ3) is 4.52. The lowest BCUT2D eigenvalue weighted by atomic mass is 9.79. The molecule has 9 heteroatoms. The monoisotopic (exact) mass is 399 g/mol. The van der Waals surface area contributed by atoms with Crippen LogP contribution in [-0.2, 0) is 16.9 Å². The van der Waals surface area contributed by atoms with E-state index in [1.165, 1.54) is 41.8 Å². The number of hydrogen-bond acceptors (Lipinski definition) is 5. The van der Waals surface area contributed by atoms with Crippen molar-refractivity contribution in [1.29, 1.82) is 0 Å². The fourth-order valence-electron chi connectivity index (χ4n) is 3.05. The van der Waals surface area contributed by atoms with Crippen LogP contribution >= 0.6 is 0 Å². The lowest BCUT2D eigenvalue weighted by molar-refractivity contribution is -0.113. The molecule has 0 saturated heterocycles. The highest BCUT2D eigenvalue weighted by atomic mass is 19.1. The third-order valence-corrected chi connectivity index (χ3v) is 4.68. The molecule has 3 N–H and O–H groups in total. The molecule has 0 fully saturated rings. The Morgan fingerprint density at radius 2 is 2.14 bits per heavy atom. The van der Waals surface area contributed by atoms with Crippen LogP contribution < -0.4 is 5.73 Å². The van der Waals surface area contributed by atoms with Gasteiger partial charge in [-0.3, -0.25) is 9.78 Å². The van der Waals surface area contributed by atoms with Gasteiger partial charge in [-0.25, -0.2) is 18.4 Å². The number of aromatic nitrogens is 4. The molecule has 0 bridgehead atoms. The van der Waals surface area contributed by atoms with E-state index in [1.807, 2.05) is 0 Å². The van der Waals surface area contributed by atoms with Crippen molar-refractivity contribution in [1.82, 2.24) is 19.7 Å². The van der Waals surface area contributed by atoms with Crippen molar-refractivity contribution in [3.05, 3.63) is 83.7 Å². The molecule has 0 aliphatic carbocycles. The smallest absolute Gasteiger partial charge is 0.241 e. The van der Waals surface area contributed by atoms with E-state index >= 15 is 0 Å². The summed E-state index contributed by atoms with van der Waals surface area (Å²) >= 11 is 0. The highest BCUT2D eigenvalue weighted by Gasteiger charge is 2.40. The average Bonchev–Trinajstić information content (AvgIpc) is 3.18. The van der Waals surface area contributed by atoms with Gasteiger partial charge in [-0.2, -0.15) is 5.10 Å². The maximum atomic E-state index is 14.6. The van der Waals surface area contributed by atoms with Crippen molar-refractivity contribution in [2.24, 2.45) is 5.73 Å². The molecule has 0 saturated carbocycles. The summed E-state index contributed by atoms with van der Waals surface area (Å²) in [4.78, 5) is 19.0. The predicted molar refractivity (Wildman–Crippen MR) is 101 cm³/mol. The number of aliphatic hydroxyl groups is 1. The fourth-order valence-corrected chi connectivity index (χ4v) is 3.05. The van der Waals surface area contributed by atoms with Crippen LogP contribution in [0.15, 0.2) is 55.3 Å². The number of pyridine rings is 1. The molecule has 0 unspecified atom stereocenters. The summed E-state index contributed by atoms with van der Waals surface area (Å²) in [7, 11) is 0. The molecule has 2 atom stereocenters. The van der Waals surface area contributed by atoms with E-state index in [4.69, 9.17) is 5.73 Å². The Morgan fingerprint density at radius 3 is 2.72 bits per heavy atom. The maximum Gasteiger partial charge on any atom is 0.241 e. The first-order valence-corrected chi connectivity index (χ1v) is 8.73. The molecule has 3 rings (SSSR count). The van der Waals surface area contributed by atoms with Crippen LogP contribution in [0, 0.1) is 11.6 Å². The highest BCUT2D eigenvalue weighted by Crippen LogP contribution is 2.39. The number of carbonyl (C=O) groups excluding carboxylic acids is 1. The number of primary amides is 1. The minimum atomic E-state index is -1.79. The molecule has 3 aromatic rings. The van der Waals surface area contributed by atoms with Crippen molar-refractivity contribution in [2.45, 2.75) is 25.0 Å². The van der Waals surface area contributed by atoms with Gasteiger partial charge in [-0.15, -0.1) is 0 Å². The van der Waals surface area contributed by atoms with Gasteiger partial charge in [-0.05, 0) is 23.8 Å². The number of benzene rings is 1. The lowest BCUT2D eigenvalue weighted by Gasteiger charge is -2.34. The molecule has 0 aliphatic heterocycles. The summed E-state index contributed by atoms with van der Waals surface area (Å²) in [6, 6.07) is 6.36. The molecule has 0 spiro atoms. The van der Waals surface area contributed by atoms with Gasteiger partial charge in [0.25, 0.3) is 0 Å². The van der Waals surface area contributed by atoms with Crippen LogP contribution in [-0.4, -0.2) is 30.8 Å². The molecule has 2 heterocycles. The summed E-state index contributed by atoms with van der Waals surface area (Å²) in [5, 5.41) is 15.5. The Kier molecular flexibility index (Phi) is 5.79. The van der Waals surface area contributed by atoms with Crippen LogP contribution in [0.4, 0.5) is 8.78 Å². The van der Waals surface area contributed by atoms with Gasteiger partial charge in [0, 0.05) is 35.5 Å². The summed E-state index contributed by atoms with van der Waals surface area (Å²) in [5.41, 5.74) is 4.30. The number of nitrogens with two attached hydrogens (primary N) is 1. The number of rotatable bonds is 7. The second-order valence-corrected chi connectivity index (χ2v) is 6.62. The number of nitrogens with zero attached hydrogens (tertiary/aromatic N) is 4. The molecule has 150 valence electrons. The van der Waals surface area contributed by atoms with E-state index in [1.54, 1.807) is 19.1 Å². The first-order chi connectivity index (χ1) is 13.8. The van der Waals surface area contributed by atoms with Crippen LogP contribution in [0.3, 0.4) is 0 Å². The van der Waals surface area contributed by atoms with Gasteiger partial charge in [0.15, 0.2) is 0 Å². The minimum absolute atomic E-state index is 0.0820. The molecule has 7 nitrogen and oxygen atoms in total. The Hall–Kier alpha value is -3.46. The van der Waals surface area contributed by atoms with Crippen LogP contribution in [0.25, 0.3) is 6.08 Å². The zero-order valence-electron chi connectivity index (χ0n) is 15.5. The topological polar surface area (TPSA) is 107 Å². The van der Waals surface area contributed by atoms with E-state index in [-0.39, 0.29) is 12.1 Å². The Balaban J connectivity index is 2.00. The van der Waals surface area contributed by atoms with Gasteiger partial charge in [0.1, 0.15) is 29.9 Å². The number of halogens is 2. The molecular weight excluding hydrogens is 380 g/mol. The van der Waals surface area contributed by atoms with Gasteiger partial charge in [0.05, 0.1) is 6.54 Å². The molecular formula is C20H19F2N5O2. The number of carbonyl (C=O) groups is 1. The quantitative estimate of drug-likeness (QED) is 0.592. The van der Waals surface area contributed by atoms with Gasteiger partial charge < -0.3 is 10.8 Å². The number of hydrogen-bond donors (Lipinski definition) is 2. The second-order valence-electron chi connectivity index (χ2n) is 6.62. The maximum absolute atomic E-state index is 14.6. The zero-order valence-corrected chi connectivity index (χ0v) is 15.5. The summed E-state index contributed by atoms with van der Waals surface area (Å²) in [5.74, 6) is -2.90. The van der Waals surface area contributed by atoms with Crippen LogP contribution in [0.2, 0.25) is 0 Å². The SMILES string of the molecule is C[C@H](c1ccc(/C=C/C(N)=O)cn1)[C@@](O)(Cn1cncn1)c1ccc(F)cc1F. The second kappa shape index (κ2) is 8.27. The Morgan fingerprint density at radius 1 is 1.34 bits per heavy atom. The lowest BCUT2D eigenvalue weighted by Crippen LogP contribution is -2.38. The number of amides is 1. The first-order valence-electron chi connectivity index (χ1n) is 8.73. The molecule has 2 aromatic heterocycles. The Labute approximate surface area is 165 Å². The van der Waals surface area contributed by atoms with Gasteiger partial charge in [-0.1, -0.05) is 19.1 Å². The first kappa shape index (κ1) is 20.3. The summed E-state index contributed by atoms with van der Waals surface area (Å²) in [6.45, 7) is 1.56. The highest BCUT2D eigenvalue weighted by molar-refractivity contribution is 5.90. The molecule has 0 aliphatic rings. The van der Waals surface area contributed by atoms with Crippen molar-refractivity contribution in [3.8, 4) is 0 Å². The molecule has 0 radical (unpaired) electrons. The molecule has 1 aromatic carbocycles. The van der Waals surface area contributed by atoms with Gasteiger partial charge >= 0.3 is 0 Å². The van der Waals surface area contributed by atoms with E-state index in [9.17, 15) is 18.7 Å². The predicted octanol–water partition coefficient (Wildman–Crippen LogP) is 2.14. The molecule has 1 amide bonds. The van der Waals surface area contributed by atoms with Crippen LogP contribution in [0.5, 0.6) is 0 Å². The van der Waals surface area contributed by atoms with Crippen molar-refractivity contribution < 1.29 is 18.7 Å². The molecule has 29 heavy (non-hydrogen) atoms. The Bertz CT molecular complexity index is 1020. The minimum Gasteiger partial charge on any atom is -0.382 e. The normalized spacial score (nSPS) is 14.6. The van der Waals surface area contributed by atoms with E-state index in [2.05, 4.69) is 15.1 Å². The van der Waals surface area contributed by atoms with E-state index in [0.717, 1.165) is 12.1 Å². The van der Waals surface area contributed by atoms with Crippen molar-refractivity contribution in [2.75, 3.05) is 0 Å². The van der Waals surface area contributed by atoms with Crippen LogP contribution in [0.1, 0.15) is 29.7 Å². The zero-order chi connectivity index (χ0) is 21.0. The average molecular weight is 399 g/mol. The summed E-state index contributed by atoms with van der Waals surface area (Å²) < 4.78 is 29.3. The van der Waals surface area contributed by atoms with E-state index in [0.29, 0.717) is 11.3 Å². The van der Waals surface area contributed by atoms with Crippen molar-refractivity contribution in [3.63, 3.8) is 0 Å². The fraction of sp³-hybridized carbons (Fsp3) is 0.200. The van der Waals surface area contributed by atoms with Gasteiger partial charge in [0.2, 0.25) is 5.91 Å². The largest absolute Gasteiger partial charge is 0.382 e. The van der Waals surface area contributed by atoms with Crippen molar-refractivity contribution >= 4 is 12.0 Å².